The minimum absolute atomic E-state index is 0. The molecule has 0 saturated heterocycles. The maximum atomic E-state index is 5.06. The summed E-state index contributed by atoms with van der Waals surface area (Å²) in [7, 11) is 5.66. The average molecular weight is 414 g/mol. The van der Waals surface area contributed by atoms with E-state index in [0.29, 0.717) is 6.04 Å². The van der Waals surface area contributed by atoms with E-state index in [9.17, 15) is 0 Å². The molecule has 0 fully saturated rings. The number of unbranched alkanes of at least 4 members (excludes halogenated alkanes) is 2. The van der Waals surface area contributed by atoms with Crippen molar-refractivity contribution in [1.29, 1.82) is 0 Å². The highest BCUT2D eigenvalue weighted by Crippen LogP contribution is 2.02. The van der Waals surface area contributed by atoms with Crippen molar-refractivity contribution in [2.75, 3.05) is 47.4 Å². The molecule has 2 N–H and O–H groups in total. The standard InChI is InChI=1S/C15H34N4O.HI/c1-6-7-8-9-14(2)18-15(16-3)17-10-11-19(4)12-13-20-5;/h14H,6-13H2,1-5H3,(H2,16,17,18);1H. The number of hydrogen-bond donors (Lipinski definition) is 2. The minimum atomic E-state index is 0. The summed E-state index contributed by atoms with van der Waals surface area (Å²) in [6.45, 7) is 8.05. The lowest BCUT2D eigenvalue weighted by molar-refractivity contribution is 0.162. The molecule has 0 radical (unpaired) electrons. The predicted octanol–water partition coefficient (Wildman–Crippen LogP) is 2.32. The molecule has 1 unspecified atom stereocenters. The zero-order valence-corrected chi connectivity index (χ0v) is 16.8. The maximum absolute atomic E-state index is 5.06. The van der Waals surface area contributed by atoms with E-state index in [4.69, 9.17) is 4.74 Å². The fraction of sp³-hybridized carbons (Fsp3) is 0.933. The number of aliphatic imine (C=N–C) groups is 1. The van der Waals surface area contributed by atoms with Gasteiger partial charge in [-0.1, -0.05) is 26.2 Å². The highest BCUT2D eigenvalue weighted by molar-refractivity contribution is 14.0. The van der Waals surface area contributed by atoms with Crippen LogP contribution in [0, 0.1) is 0 Å². The molecule has 21 heavy (non-hydrogen) atoms. The monoisotopic (exact) mass is 414 g/mol. The summed E-state index contributed by atoms with van der Waals surface area (Å²) < 4.78 is 5.06. The number of nitrogens with zero attached hydrogens (tertiary/aromatic N) is 2. The molecule has 0 aromatic rings. The number of methoxy groups -OCH3 is 1. The molecule has 0 aliphatic heterocycles. The Balaban J connectivity index is 0. The Bertz CT molecular complexity index is 252. The summed E-state index contributed by atoms with van der Waals surface area (Å²) in [5.74, 6) is 0.897. The van der Waals surface area contributed by atoms with Gasteiger partial charge in [-0.3, -0.25) is 4.99 Å². The fourth-order valence-corrected chi connectivity index (χ4v) is 1.92. The van der Waals surface area contributed by atoms with Crippen LogP contribution in [0.3, 0.4) is 0 Å². The first kappa shape index (κ1) is 23.2. The molecule has 0 saturated carbocycles. The molecule has 5 nitrogen and oxygen atoms in total. The van der Waals surface area contributed by atoms with Gasteiger partial charge in [-0.2, -0.15) is 0 Å². The third kappa shape index (κ3) is 14.6. The Labute approximate surface area is 148 Å². The van der Waals surface area contributed by atoms with Crippen LogP contribution in [-0.2, 0) is 4.74 Å². The summed E-state index contributed by atoms with van der Waals surface area (Å²) in [4.78, 5) is 6.51. The molecule has 0 heterocycles. The van der Waals surface area contributed by atoms with E-state index < -0.39 is 0 Å². The Morgan fingerprint density at radius 1 is 1.29 bits per heavy atom. The Morgan fingerprint density at radius 2 is 2.00 bits per heavy atom. The van der Waals surface area contributed by atoms with Crippen LogP contribution in [-0.4, -0.2) is 64.3 Å². The van der Waals surface area contributed by atoms with E-state index in [1.165, 1.54) is 25.7 Å². The van der Waals surface area contributed by atoms with Crippen molar-refractivity contribution in [3.8, 4) is 0 Å². The topological polar surface area (TPSA) is 48.9 Å². The molecule has 0 bridgehead atoms. The van der Waals surface area contributed by atoms with Crippen LogP contribution in [0.15, 0.2) is 4.99 Å². The summed E-state index contributed by atoms with van der Waals surface area (Å²) in [5, 5.41) is 6.79. The molecule has 0 amide bonds. The first-order chi connectivity index (χ1) is 9.63. The van der Waals surface area contributed by atoms with Crippen molar-refractivity contribution in [2.24, 2.45) is 4.99 Å². The second kappa shape index (κ2) is 16.3. The zero-order valence-electron chi connectivity index (χ0n) is 14.4. The Kier molecular flexibility index (Phi) is 18.0. The van der Waals surface area contributed by atoms with Crippen molar-refractivity contribution in [2.45, 2.75) is 45.6 Å². The number of rotatable bonds is 11. The van der Waals surface area contributed by atoms with E-state index >= 15 is 0 Å². The van der Waals surface area contributed by atoms with Crippen LogP contribution in [0.5, 0.6) is 0 Å². The number of nitrogens with one attached hydrogen (secondary N) is 2. The fourth-order valence-electron chi connectivity index (χ4n) is 1.92. The third-order valence-corrected chi connectivity index (χ3v) is 3.31. The average Bonchev–Trinajstić information content (AvgIpc) is 2.44. The van der Waals surface area contributed by atoms with Crippen molar-refractivity contribution < 1.29 is 4.74 Å². The molecule has 0 aliphatic carbocycles. The first-order valence-corrected chi connectivity index (χ1v) is 7.78. The number of guanidine groups is 1. The quantitative estimate of drug-likeness (QED) is 0.236. The van der Waals surface area contributed by atoms with Gasteiger partial charge in [0.15, 0.2) is 5.96 Å². The normalized spacial score (nSPS) is 13.0. The highest BCUT2D eigenvalue weighted by atomic mass is 127. The van der Waals surface area contributed by atoms with Crippen LogP contribution in [0.2, 0.25) is 0 Å². The van der Waals surface area contributed by atoms with Gasteiger partial charge in [0.1, 0.15) is 0 Å². The van der Waals surface area contributed by atoms with Gasteiger partial charge in [0.2, 0.25) is 0 Å². The van der Waals surface area contributed by atoms with Gasteiger partial charge >= 0.3 is 0 Å². The molecule has 0 aliphatic rings. The number of hydrogen-bond acceptors (Lipinski definition) is 3. The predicted molar refractivity (Wildman–Crippen MR) is 103 cm³/mol. The summed E-state index contributed by atoms with van der Waals surface area (Å²) in [5.41, 5.74) is 0. The Hall–Kier alpha value is -0.0800. The number of halogens is 1. The largest absolute Gasteiger partial charge is 0.383 e. The molecule has 6 heteroatoms. The van der Waals surface area contributed by atoms with Gasteiger partial charge in [0.25, 0.3) is 0 Å². The van der Waals surface area contributed by atoms with Crippen LogP contribution >= 0.6 is 24.0 Å². The molecule has 1 atom stereocenters. The zero-order chi connectivity index (χ0) is 15.2. The summed E-state index contributed by atoms with van der Waals surface area (Å²) >= 11 is 0. The van der Waals surface area contributed by atoms with Crippen LogP contribution in [0.1, 0.15) is 39.5 Å². The summed E-state index contributed by atoms with van der Waals surface area (Å²) in [6, 6.07) is 0.471. The lowest BCUT2D eigenvalue weighted by Crippen LogP contribution is -2.44. The van der Waals surface area contributed by atoms with Crippen LogP contribution in [0.25, 0.3) is 0 Å². The van der Waals surface area contributed by atoms with Crippen molar-refractivity contribution in [3.63, 3.8) is 0 Å². The van der Waals surface area contributed by atoms with Crippen molar-refractivity contribution >= 4 is 29.9 Å². The second-order valence-electron chi connectivity index (χ2n) is 5.34. The number of likely N-dealkylation sites (N-methyl/N-ethyl adjacent to an activating group) is 1. The SMILES string of the molecule is CCCCCC(C)NC(=NC)NCCN(C)CCOC.I. The van der Waals surface area contributed by atoms with E-state index in [2.05, 4.69) is 41.4 Å². The maximum Gasteiger partial charge on any atom is 0.191 e. The van der Waals surface area contributed by atoms with E-state index in [0.717, 1.165) is 32.2 Å². The molecule has 0 aromatic heterocycles. The number of ether oxygens (including phenoxy) is 1. The van der Waals surface area contributed by atoms with Gasteiger partial charge in [-0.25, -0.2) is 0 Å². The lowest BCUT2D eigenvalue weighted by Gasteiger charge is -2.20. The molecular weight excluding hydrogens is 379 g/mol. The molecule has 0 rings (SSSR count). The van der Waals surface area contributed by atoms with Crippen molar-refractivity contribution in [1.82, 2.24) is 15.5 Å². The third-order valence-electron chi connectivity index (χ3n) is 3.31. The smallest absolute Gasteiger partial charge is 0.191 e. The van der Waals surface area contributed by atoms with Crippen molar-refractivity contribution in [3.05, 3.63) is 0 Å². The first-order valence-electron chi connectivity index (χ1n) is 7.78. The molecular formula is C15H35IN4O. The van der Waals surface area contributed by atoms with E-state index in [-0.39, 0.29) is 24.0 Å². The van der Waals surface area contributed by atoms with Gasteiger partial charge in [0, 0.05) is 39.8 Å². The molecule has 0 spiro atoms. The van der Waals surface area contributed by atoms with Gasteiger partial charge in [-0.05, 0) is 20.4 Å². The van der Waals surface area contributed by atoms with E-state index in [1.54, 1.807) is 7.11 Å². The van der Waals surface area contributed by atoms with Gasteiger partial charge in [0.05, 0.1) is 6.61 Å². The second-order valence-corrected chi connectivity index (χ2v) is 5.34. The molecule has 0 aromatic carbocycles. The lowest BCUT2D eigenvalue weighted by atomic mass is 10.1. The van der Waals surface area contributed by atoms with E-state index in [1.807, 2.05) is 7.05 Å². The highest BCUT2D eigenvalue weighted by Gasteiger charge is 2.05. The summed E-state index contributed by atoms with van der Waals surface area (Å²) in [6.07, 6.45) is 5.06. The van der Waals surface area contributed by atoms with Crippen LogP contribution in [0.4, 0.5) is 0 Å². The molecule has 128 valence electrons. The minimum Gasteiger partial charge on any atom is -0.383 e. The Morgan fingerprint density at radius 3 is 2.57 bits per heavy atom. The van der Waals surface area contributed by atoms with Gasteiger partial charge in [-0.15, -0.1) is 24.0 Å². The van der Waals surface area contributed by atoms with Crippen LogP contribution < -0.4 is 10.6 Å². The van der Waals surface area contributed by atoms with Gasteiger partial charge < -0.3 is 20.3 Å².